The summed E-state index contributed by atoms with van der Waals surface area (Å²) >= 11 is 0. The van der Waals surface area contributed by atoms with Gasteiger partial charge in [-0.15, -0.1) is 0 Å². The number of methoxy groups -OCH3 is 1. The van der Waals surface area contributed by atoms with Gasteiger partial charge in [0.05, 0.1) is 7.11 Å². The predicted octanol–water partition coefficient (Wildman–Crippen LogP) is 2.28. The predicted molar refractivity (Wildman–Crippen MR) is 68.5 cm³/mol. The lowest BCUT2D eigenvalue weighted by molar-refractivity contribution is -0.136. The second-order valence-corrected chi connectivity index (χ2v) is 3.82. The zero-order chi connectivity index (χ0) is 12.7. The Labute approximate surface area is 102 Å². The van der Waals surface area contributed by atoms with Crippen LogP contribution < -0.4 is 5.32 Å². The van der Waals surface area contributed by atoms with Crippen LogP contribution in [0.15, 0.2) is 42.0 Å². The Hall–Kier alpha value is -1.61. The molecule has 3 nitrogen and oxygen atoms in total. The maximum absolute atomic E-state index is 11.5. The molecule has 0 saturated carbocycles. The molecule has 0 aliphatic carbocycles. The molecule has 0 aromatic heterocycles. The van der Waals surface area contributed by atoms with Crippen molar-refractivity contribution in [3.8, 4) is 0 Å². The lowest BCUT2D eigenvalue weighted by atomic mass is 10.1. The second kappa shape index (κ2) is 6.86. The molecular weight excluding hydrogens is 214 g/mol. The Morgan fingerprint density at radius 2 is 2.06 bits per heavy atom. The third-order valence-corrected chi connectivity index (χ3v) is 2.65. The van der Waals surface area contributed by atoms with Crippen molar-refractivity contribution in [1.82, 2.24) is 5.32 Å². The number of ether oxygens (including phenoxy) is 1. The Kier molecular flexibility index (Phi) is 5.43. The normalized spacial score (nSPS) is 13.2. The van der Waals surface area contributed by atoms with E-state index in [4.69, 9.17) is 4.74 Å². The van der Waals surface area contributed by atoms with Gasteiger partial charge in [0.15, 0.2) is 0 Å². The van der Waals surface area contributed by atoms with E-state index in [1.54, 1.807) is 6.08 Å². The van der Waals surface area contributed by atoms with Gasteiger partial charge in [-0.25, -0.2) is 4.79 Å². The van der Waals surface area contributed by atoms with E-state index in [0.717, 1.165) is 6.54 Å². The highest BCUT2D eigenvalue weighted by atomic mass is 16.5. The van der Waals surface area contributed by atoms with Crippen molar-refractivity contribution in [2.75, 3.05) is 7.11 Å². The van der Waals surface area contributed by atoms with Crippen molar-refractivity contribution in [2.24, 2.45) is 0 Å². The first-order chi connectivity index (χ1) is 8.19. The number of nitrogens with one attached hydrogen (secondary N) is 1. The SMILES string of the molecule is C/C=C(/C(=O)OC)[C@@H](C)NCc1ccccc1. The lowest BCUT2D eigenvalue weighted by Gasteiger charge is -2.15. The summed E-state index contributed by atoms with van der Waals surface area (Å²) in [5, 5.41) is 3.30. The van der Waals surface area contributed by atoms with E-state index in [1.807, 2.05) is 44.2 Å². The van der Waals surface area contributed by atoms with Crippen molar-refractivity contribution in [3.63, 3.8) is 0 Å². The van der Waals surface area contributed by atoms with Gasteiger partial charge in [0, 0.05) is 18.2 Å². The number of rotatable bonds is 5. The first-order valence-corrected chi connectivity index (χ1v) is 5.71. The van der Waals surface area contributed by atoms with Crippen LogP contribution in [0.1, 0.15) is 19.4 Å². The number of hydrogen-bond acceptors (Lipinski definition) is 3. The summed E-state index contributed by atoms with van der Waals surface area (Å²) in [6.45, 7) is 4.53. The third-order valence-electron chi connectivity index (χ3n) is 2.65. The smallest absolute Gasteiger partial charge is 0.334 e. The zero-order valence-corrected chi connectivity index (χ0v) is 10.6. The lowest BCUT2D eigenvalue weighted by Crippen LogP contribution is -2.31. The molecule has 1 aromatic rings. The summed E-state index contributed by atoms with van der Waals surface area (Å²) < 4.78 is 4.73. The van der Waals surface area contributed by atoms with Crippen LogP contribution in [0.2, 0.25) is 0 Å². The summed E-state index contributed by atoms with van der Waals surface area (Å²) in [4.78, 5) is 11.5. The number of hydrogen-bond donors (Lipinski definition) is 1. The van der Waals surface area contributed by atoms with Gasteiger partial charge >= 0.3 is 5.97 Å². The van der Waals surface area contributed by atoms with Crippen LogP contribution in [0, 0.1) is 0 Å². The molecule has 17 heavy (non-hydrogen) atoms. The molecule has 0 heterocycles. The topological polar surface area (TPSA) is 38.3 Å². The van der Waals surface area contributed by atoms with E-state index < -0.39 is 0 Å². The van der Waals surface area contributed by atoms with Gasteiger partial charge < -0.3 is 10.1 Å². The molecule has 0 aliphatic heterocycles. The highest BCUT2D eigenvalue weighted by Gasteiger charge is 2.15. The van der Waals surface area contributed by atoms with Crippen LogP contribution in [-0.2, 0) is 16.1 Å². The standard InChI is InChI=1S/C14H19NO2/c1-4-13(14(16)17-3)11(2)15-10-12-8-6-5-7-9-12/h4-9,11,15H,10H2,1-3H3/b13-4+/t11-/m1/s1. The minimum absolute atomic E-state index is 0.0207. The van der Waals surface area contributed by atoms with Crippen molar-refractivity contribution >= 4 is 5.97 Å². The van der Waals surface area contributed by atoms with Crippen molar-refractivity contribution < 1.29 is 9.53 Å². The minimum Gasteiger partial charge on any atom is -0.466 e. The molecule has 0 saturated heterocycles. The number of allylic oxidation sites excluding steroid dienone is 1. The van der Waals surface area contributed by atoms with E-state index in [9.17, 15) is 4.79 Å². The molecule has 1 atom stereocenters. The number of carbonyl (C=O) groups is 1. The van der Waals surface area contributed by atoms with E-state index in [2.05, 4.69) is 5.32 Å². The van der Waals surface area contributed by atoms with Gasteiger partial charge in [-0.05, 0) is 19.4 Å². The van der Waals surface area contributed by atoms with Crippen LogP contribution in [0.25, 0.3) is 0 Å². The summed E-state index contributed by atoms with van der Waals surface area (Å²) in [5.74, 6) is -0.277. The summed E-state index contributed by atoms with van der Waals surface area (Å²) in [6.07, 6.45) is 1.79. The summed E-state index contributed by atoms with van der Waals surface area (Å²) in [7, 11) is 1.40. The highest BCUT2D eigenvalue weighted by molar-refractivity contribution is 5.89. The first kappa shape index (κ1) is 13.5. The van der Waals surface area contributed by atoms with Crippen LogP contribution >= 0.6 is 0 Å². The fraction of sp³-hybridized carbons (Fsp3) is 0.357. The number of esters is 1. The molecule has 0 aliphatic rings. The molecule has 0 radical (unpaired) electrons. The van der Waals surface area contributed by atoms with Gasteiger partial charge in [0.2, 0.25) is 0 Å². The van der Waals surface area contributed by atoms with Gasteiger partial charge in [-0.2, -0.15) is 0 Å². The summed E-state index contributed by atoms with van der Waals surface area (Å²) in [5.41, 5.74) is 1.85. The summed E-state index contributed by atoms with van der Waals surface area (Å²) in [6, 6.07) is 10.1. The molecular formula is C14H19NO2. The fourth-order valence-electron chi connectivity index (χ4n) is 1.64. The Bertz CT molecular complexity index is 384. The van der Waals surface area contributed by atoms with Crippen molar-refractivity contribution in [3.05, 3.63) is 47.5 Å². The Morgan fingerprint density at radius 1 is 1.41 bits per heavy atom. The maximum atomic E-state index is 11.5. The maximum Gasteiger partial charge on any atom is 0.334 e. The molecule has 92 valence electrons. The molecule has 1 aromatic carbocycles. The third kappa shape index (κ3) is 4.04. The number of benzene rings is 1. The first-order valence-electron chi connectivity index (χ1n) is 5.71. The largest absolute Gasteiger partial charge is 0.466 e. The molecule has 0 fully saturated rings. The van der Waals surface area contributed by atoms with Crippen LogP contribution in [0.4, 0.5) is 0 Å². The van der Waals surface area contributed by atoms with E-state index >= 15 is 0 Å². The van der Waals surface area contributed by atoms with Crippen molar-refractivity contribution in [1.29, 1.82) is 0 Å². The van der Waals surface area contributed by atoms with Crippen molar-refractivity contribution in [2.45, 2.75) is 26.4 Å². The van der Waals surface area contributed by atoms with Crippen LogP contribution in [-0.4, -0.2) is 19.1 Å². The molecule has 0 spiro atoms. The van der Waals surface area contributed by atoms with Crippen LogP contribution in [0.5, 0.6) is 0 Å². The van der Waals surface area contributed by atoms with E-state index in [0.29, 0.717) is 5.57 Å². The quantitative estimate of drug-likeness (QED) is 0.626. The molecule has 0 amide bonds. The second-order valence-electron chi connectivity index (χ2n) is 3.82. The Balaban J connectivity index is 2.54. The van der Waals surface area contributed by atoms with Gasteiger partial charge in [0.1, 0.15) is 0 Å². The zero-order valence-electron chi connectivity index (χ0n) is 10.6. The highest BCUT2D eigenvalue weighted by Crippen LogP contribution is 2.06. The molecule has 0 unspecified atom stereocenters. The average Bonchev–Trinajstić information content (AvgIpc) is 2.38. The Morgan fingerprint density at radius 3 is 2.59 bits per heavy atom. The van der Waals surface area contributed by atoms with E-state index in [-0.39, 0.29) is 12.0 Å². The molecule has 1 N–H and O–H groups in total. The van der Waals surface area contributed by atoms with Crippen LogP contribution in [0.3, 0.4) is 0 Å². The fourth-order valence-corrected chi connectivity index (χ4v) is 1.64. The molecule has 1 rings (SSSR count). The number of carbonyl (C=O) groups excluding carboxylic acids is 1. The minimum atomic E-state index is -0.277. The van der Waals surface area contributed by atoms with E-state index in [1.165, 1.54) is 12.7 Å². The monoisotopic (exact) mass is 233 g/mol. The van der Waals surface area contributed by atoms with Gasteiger partial charge in [-0.1, -0.05) is 36.4 Å². The molecule has 3 heteroatoms. The van der Waals surface area contributed by atoms with Gasteiger partial charge in [0.25, 0.3) is 0 Å². The molecule has 0 bridgehead atoms. The van der Waals surface area contributed by atoms with Gasteiger partial charge in [-0.3, -0.25) is 0 Å². The average molecular weight is 233 g/mol.